The van der Waals surface area contributed by atoms with E-state index in [9.17, 15) is 0 Å². The average molecular weight is 145 g/mol. The fourth-order valence-corrected chi connectivity index (χ4v) is 0.730. The largest absolute Gasteiger partial charge is 0.329 e. The van der Waals surface area contributed by atoms with Crippen LogP contribution in [0, 0.1) is 0 Å². The van der Waals surface area contributed by atoms with Crippen molar-refractivity contribution in [1.82, 2.24) is 10.6 Å². The van der Waals surface area contributed by atoms with Gasteiger partial charge in [-0.1, -0.05) is 0 Å². The van der Waals surface area contributed by atoms with Crippen LogP contribution in [0.4, 0.5) is 0 Å². The molecule has 0 aliphatic rings. The first-order chi connectivity index (χ1) is 4.68. The summed E-state index contributed by atoms with van der Waals surface area (Å²) >= 11 is 0. The molecule has 0 amide bonds. The van der Waals surface area contributed by atoms with Crippen molar-refractivity contribution in [3.05, 3.63) is 0 Å². The van der Waals surface area contributed by atoms with Crippen LogP contribution in [0.2, 0.25) is 0 Å². The van der Waals surface area contributed by atoms with Crippen LogP contribution < -0.4 is 16.4 Å². The van der Waals surface area contributed by atoms with Gasteiger partial charge in [-0.2, -0.15) is 0 Å². The molecule has 0 aliphatic heterocycles. The van der Waals surface area contributed by atoms with Gasteiger partial charge in [0, 0.05) is 12.1 Å². The van der Waals surface area contributed by atoms with Crippen LogP contribution in [0.5, 0.6) is 0 Å². The molecule has 3 nitrogen and oxygen atoms in total. The molecule has 0 aromatic rings. The van der Waals surface area contributed by atoms with Crippen LogP contribution in [0.25, 0.3) is 0 Å². The highest BCUT2D eigenvalue weighted by Crippen LogP contribution is 2.04. The first kappa shape index (κ1) is 9.88. The average Bonchev–Trinajstić information content (AvgIpc) is 2.00. The molecular formula is C7H19N3. The Labute approximate surface area is 63.4 Å². The second kappa shape index (κ2) is 4.66. The SMILES string of the molecule is CNCCC(C)(CN)NC. The van der Waals surface area contributed by atoms with E-state index in [4.69, 9.17) is 5.73 Å². The minimum Gasteiger partial charge on any atom is -0.329 e. The van der Waals surface area contributed by atoms with E-state index in [0.717, 1.165) is 13.0 Å². The summed E-state index contributed by atoms with van der Waals surface area (Å²) in [5, 5.41) is 6.29. The summed E-state index contributed by atoms with van der Waals surface area (Å²) in [6, 6.07) is 0. The lowest BCUT2D eigenvalue weighted by atomic mass is 9.99. The quantitative estimate of drug-likeness (QED) is 0.490. The molecule has 0 saturated heterocycles. The highest BCUT2D eigenvalue weighted by molar-refractivity contribution is 4.82. The Bertz CT molecular complexity index is 78.9. The third-order valence-corrected chi connectivity index (χ3v) is 1.98. The maximum absolute atomic E-state index is 5.57. The lowest BCUT2D eigenvalue weighted by molar-refractivity contribution is 0.363. The van der Waals surface area contributed by atoms with Crippen molar-refractivity contribution in [2.45, 2.75) is 18.9 Å². The predicted molar refractivity (Wildman–Crippen MR) is 45.1 cm³/mol. The van der Waals surface area contributed by atoms with Crippen molar-refractivity contribution >= 4 is 0 Å². The van der Waals surface area contributed by atoms with E-state index in [0.29, 0.717) is 6.54 Å². The molecule has 1 unspecified atom stereocenters. The Morgan fingerprint density at radius 1 is 1.40 bits per heavy atom. The zero-order valence-electron chi connectivity index (χ0n) is 7.20. The molecule has 0 aliphatic carbocycles. The van der Waals surface area contributed by atoms with E-state index in [1.54, 1.807) is 0 Å². The van der Waals surface area contributed by atoms with Gasteiger partial charge < -0.3 is 16.4 Å². The Kier molecular flexibility index (Phi) is 4.60. The number of hydrogen-bond donors (Lipinski definition) is 3. The Hall–Kier alpha value is -0.120. The molecule has 0 saturated carbocycles. The van der Waals surface area contributed by atoms with Gasteiger partial charge in [-0.05, 0) is 34.0 Å². The van der Waals surface area contributed by atoms with Crippen molar-refractivity contribution in [1.29, 1.82) is 0 Å². The molecule has 0 bridgehead atoms. The molecule has 0 aromatic carbocycles. The second-order valence-corrected chi connectivity index (χ2v) is 2.87. The van der Waals surface area contributed by atoms with Gasteiger partial charge in [0.15, 0.2) is 0 Å². The van der Waals surface area contributed by atoms with E-state index < -0.39 is 0 Å². The van der Waals surface area contributed by atoms with E-state index in [1.165, 1.54) is 0 Å². The van der Waals surface area contributed by atoms with Crippen LogP contribution in [0.15, 0.2) is 0 Å². The van der Waals surface area contributed by atoms with Crippen molar-refractivity contribution in [3.8, 4) is 0 Å². The summed E-state index contributed by atoms with van der Waals surface area (Å²) in [6.45, 7) is 3.82. The lowest BCUT2D eigenvalue weighted by Gasteiger charge is -2.27. The van der Waals surface area contributed by atoms with E-state index in [2.05, 4.69) is 17.6 Å². The van der Waals surface area contributed by atoms with Crippen molar-refractivity contribution in [2.75, 3.05) is 27.2 Å². The van der Waals surface area contributed by atoms with E-state index in [-0.39, 0.29) is 5.54 Å². The highest BCUT2D eigenvalue weighted by atomic mass is 15.0. The molecule has 0 spiro atoms. The number of nitrogens with two attached hydrogens (primary N) is 1. The van der Waals surface area contributed by atoms with Crippen molar-refractivity contribution in [2.24, 2.45) is 5.73 Å². The smallest absolute Gasteiger partial charge is 0.0284 e. The zero-order chi connectivity index (χ0) is 8.04. The lowest BCUT2D eigenvalue weighted by Crippen LogP contribution is -2.48. The third kappa shape index (κ3) is 3.15. The van der Waals surface area contributed by atoms with Crippen molar-refractivity contribution in [3.63, 3.8) is 0 Å². The molecule has 1 atom stereocenters. The van der Waals surface area contributed by atoms with Gasteiger partial charge in [0.25, 0.3) is 0 Å². The standard InChI is InChI=1S/C7H19N3/c1-7(6-8,10-3)4-5-9-2/h9-10H,4-6,8H2,1-3H3. The molecule has 4 N–H and O–H groups in total. The van der Waals surface area contributed by atoms with E-state index in [1.807, 2.05) is 14.1 Å². The summed E-state index contributed by atoms with van der Waals surface area (Å²) in [5.74, 6) is 0. The second-order valence-electron chi connectivity index (χ2n) is 2.87. The Balaban J connectivity index is 3.58. The molecule has 0 aromatic heterocycles. The predicted octanol–water partition coefficient (Wildman–Crippen LogP) is -0.467. The molecule has 0 rings (SSSR count). The number of rotatable bonds is 5. The van der Waals surface area contributed by atoms with Crippen LogP contribution >= 0.6 is 0 Å². The molecule has 3 heteroatoms. The topological polar surface area (TPSA) is 50.1 Å². The van der Waals surface area contributed by atoms with Gasteiger partial charge >= 0.3 is 0 Å². The third-order valence-electron chi connectivity index (χ3n) is 1.98. The summed E-state index contributed by atoms with van der Waals surface area (Å²) in [7, 11) is 3.90. The van der Waals surface area contributed by atoms with Crippen molar-refractivity contribution < 1.29 is 0 Å². The first-order valence-corrected chi connectivity index (χ1v) is 3.72. The molecule has 0 radical (unpaired) electrons. The van der Waals surface area contributed by atoms with Gasteiger partial charge in [0.2, 0.25) is 0 Å². The van der Waals surface area contributed by atoms with Crippen LogP contribution in [-0.2, 0) is 0 Å². The van der Waals surface area contributed by atoms with Crippen LogP contribution in [0.1, 0.15) is 13.3 Å². The van der Waals surface area contributed by atoms with Crippen LogP contribution in [0.3, 0.4) is 0 Å². The fraction of sp³-hybridized carbons (Fsp3) is 1.00. The van der Waals surface area contributed by atoms with Gasteiger partial charge in [-0.3, -0.25) is 0 Å². The molecule has 0 heterocycles. The summed E-state index contributed by atoms with van der Waals surface area (Å²) < 4.78 is 0. The zero-order valence-corrected chi connectivity index (χ0v) is 7.20. The van der Waals surface area contributed by atoms with Gasteiger partial charge in [-0.25, -0.2) is 0 Å². The van der Waals surface area contributed by atoms with E-state index >= 15 is 0 Å². The van der Waals surface area contributed by atoms with Gasteiger partial charge in [0.05, 0.1) is 0 Å². The molecule has 62 valence electrons. The van der Waals surface area contributed by atoms with Gasteiger partial charge in [0.1, 0.15) is 0 Å². The Morgan fingerprint density at radius 3 is 2.30 bits per heavy atom. The Morgan fingerprint density at radius 2 is 2.00 bits per heavy atom. The summed E-state index contributed by atoms with van der Waals surface area (Å²) in [5.41, 5.74) is 5.67. The molecule has 10 heavy (non-hydrogen) atoms. The van der Waals surface area contributed by atoms with Gasteiger partial charge in [-0.15, -0.1) is 0 Å². The fourth-order valence-electron chi connectivity index (χ4n) is 0.730. The monoisotopic (exact) mass is 145 g/mol. The highest BCUT2D eigenvalue weighted by Gasteiger charge is 2.17. The minimum absolute atomic E-state index is 0.100. The maximum atomic E-state index is 5.57. The number of nitrogens with one attached hydrogen (secondary N) is 2. The summed E-state index contributed by atoms with van der Waals surface area (Å²) in [6.07, 6.45) is 1.07. The number of hydrogen-bond acceptors (Lipinski definition) is 3. The molecule has 0 fully saturated rings. The first-order valence-electron chi connectivity index (χ1n) is 3.72. The normalized spacial score (nSPS) is 16.8. The minimum atomic E-state index is 0.100. The molecular weight excluding hydrogens is 126 g/mol. The van der Waals surface area contributed by atoms with Crippen LogP contribution in [-0.4, -0.2) is 32.7 Å². The number of likely N-dealkylation sites (N-methyl/N-ethyl adjacent to an activating group) is 1. The summed E-state index contributed by atoms with van der Waals surface area (Å²) in [4.78, 5) is 0. The maximum Gasteiger partial charge on any atom is 0.0284 e.